The first kappa shape index (κ1) is 15.2. The lowest BCUT2D eigenvalue weighted by Gasteiger charge is -2.32. The number of β-amino-alcohol motifs (C(OH)–C–C–N with tert-alkyl or cyclic N) is 1. The van der Waals surface area contributed by atoms with E-state index >= 15 is 0 Å². The number of urea groups is 1. The zero-order chi connectivity index (χ0) is 14.6. The first-order valence-electron chi connectivity index (χ1n) is 6.23. The second-order valence-corrected chi connectivity index (χ2v) is 4.87. The second kappa shape index (κ2) is 6.38. The third kappa shape index (κ3) is 3.58. The van der Waals surface area contributed by atoms with Crippen LogP contribution in [0.4, 0.5) is 4.79 Å². The Bertz CT molecular complexity index is 391. The number of nitrogens with zero attached hydrogens (tertiary/aromatic N) is 3. The molecule has 0 aliphatic carbocycles. The van der Waals surface area contributed by atoms with Gasteiger partial charge in [-0.2, -0.15) is 5.26 Å². The van der Waals surface area contributed by atoms with E-state index in [-0.39, 0.29) is 32.0 Å². The second-order valence-electron chi connectivity index (χ2n) is 4.87. The van der Waals surface area contributed by atoms with E-state index in [0.29, 0.717) is 0 Å². The first-order valence-corrected chi connectivity index (χ1v) is 6.23. The van der Waals surface area contributed by atoms with Crippen molar-refractivity contribution in [3.63, 3.8) is 0 Å². The summed E-state index contributed by atoms with van der Waals surface area (Å²) in [6.07, 6.45) is -0.571. The van der Waals surface area contributed by atoms with Crippen LogP contribution in [0.3, 0.4) is 0 Å². The quantitative estimate of drug-likeness (QED) is 0.761. The standard InChI is InChI=1S/C12H19N3O4/c1-8(2)14(5-3-4-13)12(19)15-7-9(16)6-10(15)11(17)18/h8-10,16H,3,5-7H2,1-2H3,(H,17,18)/t9-,10+/m1/s1. The van der Waals surface area contributed by atoms with Gasteiger partial charge in [0.15, 0.2) is 0 Å². The van der Waals surface area contributed by atoms with Gasteiger partial charge in [0.05, 0.1) is 18.6 Å². The van der Waals surface area contributed by atoms with Crippen molar-refractivity contribution in [3.05, 3.63) is 0 Å². The summed E-state index contributed by atoms with van der Waals surface area (Å²) in [4.78, 5) is 26.0. The van der Waals surface area contributed by atoms with Crippen molar-refractivity contribution in [2.24, 2.45) is 0 Å². The summed E-state index contributed by atoms with van der Waals surface area (Å²) in [5.74, 6) is -1.12. The number of carboxylic acids is 1. The molecule has 1 rings (SSSR count). The summed E-state index contributed by atoms with van der Waals surface area (Å²) >= 11 is 0. The van der Waals surface area contributed by atoms with Gasteiger partial charge in [-0.25, -0.2) is 9.59 Å². The Morgan fingerprint density at radius 2 is 2.16 bits per heavy atom. The molecule has 1 saturated heterocycles. The number of rotatable bonds is 4. The van der Waals surface area contributed by atoms with Crippen LogP contribution in [0.2, 0.25) is 0 Å². The highest BCUT2D eigenvalue weighted by Gasteiger charge is 2.40. The van der Waals surface area contributed by atoms with Gasteiger partial charge in [-0.1, -0.05) is 0 Å². The monoisotopic (exact) mass is 269 g/mol. The molecule has 2 amide bonds. The van der Waals surface area contributed by atoms with Crippen LogP contribution in [0.25, 0.3) is 0 Å². The molecule has 7 nitrogen and oxygen atoms in total. The van der Waals surface area contributed by atoms with E-state index in [9.17, 15) is 14.7 Å². The van der Waals surface area contributed by atoms with Gasteiger partial charge in [-0.05, 0) is 13.8 Å². The summed E-state index contributed by atoms with van der Waals surface area (Å²) in [6, 6.07) is 0.401. The van der Waals surface area contributed by atoms with Crippen molar-refractivity contribution in [1.82, 2.24) is 9.80 Å². The molecule has 0 aromatic rings. The summed E-state index contributed by atoms with van der Waals surface area (Å²) in [7, 11) is 0. The summed E-state index contributed by atoms with van der Waals surface area (Å²) in [5, 5.41) is 27.2. The van der Waals surface area contributed by atoms with E-state index < -0.39 is 24.1 Å². The maximum atomic E-state index is 12.3. The molecule has 1 heterocycles. The van der Waals surface area contributed by atoms with Gasteiger partial charge >= 0.3 is 12.0 Å². The van der Waals surface area contributed by atoms with Crippen molar-refractivity contribution in [1.29, 1.82) is 5.26 Å². The molecule has 1 aliphatic heterocycles. The number of amides is 2. The van der Waals surface area contributed by atoms with Gasteiger partial charge < -0.3 is 20.0 Å². The van der Waals surface area contributed by atoms with Crippen molar-refractivity contribution in [2.75, 3.05) is 13.1 Å². The average Bonchev–Trinajstić information content (AvgIpc) is 2.71. The highest BCUT2D eigenvalue weighted by Crippen LogP contribution is 2.21. The summed E-state index contributed by atoms with van der Waals surface area (Å²) in [6.45, 7) is 3.88. The number of carboxylic acid groups (broad SMARTS) is 1. The predicted molar refractivity (Wildman–Crippen MR) is 66.2 cm³/mol. The number of carbonyl (C=O) groups is 2. The number of aliphatic carboxylic acids is 1. The van der Waals surface area contributed by atoms with Gasteiger partial charge in [0.2, 0.25) is 0 Å². The van der Waals surface area contributed by atoms with Crippen molar-refractivity contribution >= 4 is 12.0 Å². The number of aliphatic hydroxyl groups is 1. The van der Waals surface area contributed by atoms with Crippen LogP contribution < -0.4 is 0 Å². The Morgan fingerprint density at radius 1 is 1.53 bits per heavy atom. The lowest BCUT2D eigenvalue weighted by Crippen LogP contribution is -2.50. The highest BCUT2D eigenvalue weighted by molar-refractivity contribution is 5.83. The molecule has 2 N–H and O–H groups in total. The van der Waals surface area contributed by atoms with E-state index in [4.69, 9.17) is 10.4 Å². The Kier molecular flexibility index (Phi) is 5.12. The van der Waals surface area contributed by atoms with Crippen LogP contribution >= 0.6 is 0 Å². The topological polar surface area (TPSA) is 105 Å². The van der Waals surface area contributed by atoms with E-state index in [1.165, 1.54) is 9.80 Å². The minimum absolute atomic E-state index is 0.0194. The first-order chi connectivity index (χ1) is 8.88. The number of hydrogen-bond donors (Lipinski definition) is 2. The van der Waals surface area contributed by atoms with Gasteiger partial charge in [0.1, 0.15) is 6.04 Å². The number of nitriles is 1. The number of likely N-dealkylation sites (tertiary alicyclic amines) is 1. The number of aliphatic hydroxyl groups excluding tert-OH is 1. The fourth-order valence-electron chi connectivity index (χ4n) is 2.17. The molecule has 7 heteroatoms. The van der Waals surface area contributed by atoms with Gasteiger partial charge in [-0.3, -0.25) is 0 Å². The average molecular weight is 269 g/mol. The van der Waals surface area contributed by atoms with Crippen molar-refractivity contribution in [2.45, 2.75) is 44.9 Å². The number of hydrogen-bond acceptors (Lipinski definition) is 4. The fourth-order valence-corrected chi connectivity index (χ4v) is 2.17. The van der Waals surface area contributed by atoms with Gasteiger partial charge in [0.25, 0.3) is 0 Å². The molecule has 1 fully saturated rings. The largest absolute Gasteiger partial charge is 0.480 e. The zero-order valence-electron chi connectivity index (χ0n) is 11.1. The molecule has 0 aromatic heterocycles. The molecule has 2 atom stereocenters. The van der Waals surface area contributed by atoms with E-state index in [2.05, 4.69) is 0 Å². The summed E-state index contributed by atoms with van der Waals surface area (Å²) in [5.41, 5.74) is 0. The molecule has 106 valence electrons. The van der Waals surface area contributed by atoms with Crippen molar-refractivity contribution in [3.8, 4) is 6.07 Å². The zero-order valence-corrected chi connectivity index (χ0v) is 11.1. The molecule has 0 saturated carbocycles. The lowest BCUT2D eigenvalue weighted by atomic mass is 10.2. The maximum absolute atomic E-state index is 12.3. The fraction of sp³-hybridized carbons (Fsp3) is 0.750. The minimum Gasteiger partial charge on any atom is -0.480 e. The van der Waals surface area contributed by atoms with Crippen LogP contribution in [0.5, 0.6) is 0 Å². The Morgan fingerprint density at radius 3 is 2.63 bits per heavy atom. The van der Waals surface area contributed by atoms with Crippen molar-refractivity contribution < 1.29 is 19.8 Å². The molecule has 0 spiro atoms. The molecular weight excluding hydrogens is 250 g/mol. The Hall–Kier alpha value is -1.81. The molecule has 0 bridgehead atoms. The SMILES string of the molecule is CC(C)N(CCC#N)C(=O)N1C[C@H](O)C[C@H]1C(=O)O. The van der Waals surface area contributed by atoms with E-state index in [0.717, 1.165) is 0 Å². The van der Waals surface area contributed by atoms with Gasteiger partial charge in [0, 0.05) is 25.6 Å². The Labute approximate surface area is 112 Å². The highest BCUT2D eigenvalue weighted by atomic mass is 16.4. The number of carbonyl (C=O) groups excluding carboxylic acids is 1. The van der Waals surface area contributed by atoms with Gasteiger partial charge in [-0.15, -0.1) is 0 Å². The third-order valence-electron chi connectivity index (χ3n) is 3.14. The third-order valence-corrected chi connectivity index (χ3v) is 3.14. The normalized spacial score (nSPS) is 22.4. The molecule has 0 unspecified atom stereocenters. The summed E-state index contributed by atoms with van der Waals surface area (Å²) < 4.78 is 0. The minimum atomic E-state index is -1.12. The maximum Gasteiger partial charge on any atom is 0.326 e. The lowest BCUT2D eigenvalue weighted by molar-refractivity contribution is -0.141. The van der Waals surface area contributed by atoms with E-state index in [1.54, 1.807) is 13.8 Å². The van der Waals surface area contributed by atoms with Crippen LogP contribution in [0.15, 0.2) is 0 Å². The van der Waals surface area contributed by atoms with Crippen LogP contribution in [0.1, 0.15) is 26.7 Å². The molecule has 1 aliphatic rings. The molecular formula is C12H19N3O4. The molecule has 0 aromatic carbocycles. The van der Waals surface area contributed by atoms with E-state index in [1.807, 2.05) is 6.07 Å². The van der Waals surface area contributed by atoms with Crippen LogP contribution in [-0.4, -0.2) is 63.3 Å². The predicted octanol–water partition coefficient (Wildman–Crippen LogP) is 0.250. The molecule has 19 heavy (non-hydrogen) atoms. The van der Waals surface area contributed by atoms with Crippen LogP contribution in [0, 0.1) is 11.3 Å². The Balaban J connectivity index is 2.83. The van der Waals surface area contributed by atoms with Crippen LogP contribution in [-0.2, 0) is 4.79 Å². The smallest absolute Gasteiger partial charge is 0.326 e. The molecule has 0 radical (unpaired) electrons.